The number of ketones is 1. The highest BCUT2D eigenvalue weighted by atomic mass is 16.3. The van der Waals surface area contributed by atoms with Gasteiger partial charge in [-0.05, 0) is 80.9 Å². The Bertz CT molecular complexity index is 700. The molecule has 1 atom stereocenters. The highest BCUT2D eigenvalue weighted by Crippen LogP contribution is 2.38. The predicted octanol–water partition coefficient (Wildman–Crippen LogP) is 4.15. The molecule has 0 aliphatic heterocycles. The van der Waals surface area contributed by atoms with Crippen LogP contribution in [0.5, 0.6) is 0 Å². The van der Waals surface area contributed by atoms with Gasteiger partial charge in [0.15, 0.2) is 5.78 Å². The number of amides is 1. The number of Topliss-reactive ketones (excluding diaryl/α,β-unsaturated/α-hetero) is 1. The summed E-state index contributed by atoms with van der Waals surface area (Å²) in [7, 11) is 0. The Labute approximate surface area is 162 Å². The average Bonchev–Trinajstić information content (AvgIpc) is 2.66. The van der Waals surface area contributed by atoms with Crippen LogP contribution in [0.2, 0.25) is 0 Å². The molecule has 4 heteroatoms. The van der Waals surface area contributed by atoms with Crippen molar-refractivity contribution in [2.75, 3.05) is 6.54 Å². The van der Waals surface area contributed by atoms with Crippen LogP contribution >= 0.6 is 0 Å². The summed E-state index contributed by atoms with van der Waals surface area (Å²) in [6, 6.07) is 5.33. The van der Waals surface area contributed by atoms with E-state index < -0.39 is 5.60 Å². The first-order valence-electron chi connectivity index (χ1n) is 10.4. The lowest BCUT2D eigenvalue weighted by atomic mass is 9.71. The van der Waals surface area contributed by atoms with Gasteiger partial charge in [-0.25, -0.2) is 0 Å². The van der Waals surface area contributed by atoms with Crippen molar-refractivity contribution in [1.29, 1.82) is 0 Å². The number of rotatable bonds is 5. The van der Waals surface area contributed by atoms with E-state index >= 15 is 0 Å². The largest absolute Gasteiger partial charge is 0.388 e. The highest BCUT2D eigenvalue weighted by molar-refractivity contribution is 6.00. The maximum absolute atomic E-state index is 12.6. The quantitative estimate of drug-likeness (QED) is 0.817. The summed E-state index contributed by atoms with van der Waals surface area (Å²) in [6.45, 7) is 6.66. The number of aliphatic hydroxyl groups is 1. The zero-order valence-electron chi connectivity index (χ0n) is 16.9. The van der Waals surface area contributed by atoms with E-state index in [4.69, 9.17) is 0 Å². The lowest BCUT2D eigenvalue weighted by Gasteiger charge is -2.39. The fraction of sp³-hybridized carbons (Fsp3) is 0.652. The number of aryl methyl sites for hydroxylation is 1. The van der Waals surface area contributed by atoms with Crippen LogP contribution in [-0.4, -0.2) is 28.9 Å². The number of hydrogen-bond acceptors (Lipinski definition) is 3. The van der Waals surface area contributed by atoms with E-state index in [-0.39, 0.29) is 24.2 Å². The summed E-state index contributed by atoms with van der Waals surface area (Å²) in [5, 5.41) is 13.8. The average molecular weight is 372 g/mol. The maximum atomic E-state index is 12.6. The Hall–Kier alpha value is -1.68. The Morgan fingerprint density at radius 2 is 1.93 bits per heavy atom. The highest BCUT2D eigenvalue weighted by Gasteiger charge is 2.36. The minimum absolute atomic E-state index is 0.170. The summed E-state index contributed by atoms with van der Waals surface area (Å²) < 4.78 is 0. The number of nitrogens with one attached hydrogen (secondary N) is 1. The van der Waals surface area contributed by atoms with Gasteiger partial charge in [-0.15, -0.1) is 0 Å². The first-order valence-corrected chi connectivity index (χ1v) is 10.4. The van der Waals surface area contributed by atoms with Gasteiger partial charge in [0, 0.05) is 24.1 Å². The number of carbonyl (C=O) groups excluding carboxylic acids is 2. The van der Waals surface area contributed by atoms with E-state index in [1.54, 1.807) is 12.1 Å². The summed E-state index contributed by atoms with van der Waals surface area (Å²) in [5.41, 5.74) is 1.41. The molecule has 1 saturated carbocycles. The number of carbonyl (C=O) groups is 2. The minimum atomic E-state index is -0.887. The van der Waals surface area contributed by atoms with Gasteiger partial charge in [-0.2, -0.15) is 0 Å². The van der Waals surface area contributed by atoms with Gasteiger partial charge >= 0.3 is 0 Å². The zero-order valence-corrected chi connectivity index (χ0v) is 16.9. The fourth-order valence-electron chi connectivity index (χ4n) is 4.70. The Morgan fingerprint density at radius 1 is 1.22 bits per heavy atom. The lowest BCUT2D eigenvalue weighted by molar-refractivity contribution is -0.0228. The third-order valence-corrected chi connectivity index (χ3v) is 6.72. The molecular formula is C23H33NO3. The van der Waals surface area contributed by atoms with Crippen LogP contribution in [0.3, 0.4) is 0 Å². The predicted molar refractivity (Wildman–Crippen MR) is 107 cm³/mol. The van der Waals surface area contributed by atoms with Gasteiger partial charge in [0.25, 0.3) is 5.91 Å². The molecule has 4 nitrogen and oxygen atoms in total. The van der Waals surface area contributed by atoms with Crippen LogP contribution in [0.25, 0.3) is 0 Å². The zero-order chi connectivity index (χ0) is 19.6. The molecule has 1 amide bonds. The first kappa shape index (κ1) is 20.1. The molecular weight excluding hydrogens is 338 g/mol. The molecule has 0 heterocycles. The Balaban J connectivity index is 1.58. The van der Waals surface area contributed by atoms with Crippen LogP contribution in [0, 0.1) is 17.8 Å². The number of fused-ring (bicyclic) bond motifs is 1. The molecule has 2 aliphatic rings. The van der Waals surface area contributed by atoms with Crippen molar-refractivity contribution in [3.63, 3.8) is 0 Å². The molecule has 0 bridgehead atoms. The minimum Gasteiger partial charge on any atom is -0.388 e. The van der Waals surface area contributed by atoms with Crippen molar-refractivity contribution in [2.45, 2.75) is 71.3 Å². The van der Waals surface area contributed by atoms with E-state index in [0.717, 1.165) is 55.6 Å². The van der Waals surface area contributed by atoms with Crippen molar-refractivity contribution in [1.82, 2.24) is 5.32 Å². The molecule has 1 fully saturated rings. The van der Waals surface area contributed by atoms with Gasteiger partial charge in [0.1, 0.15) is 0 Å². The normalized spacial score (nSPS) is 25.0. The molecule has 0 saturated heterocycles. The molecule has 1 unspecified atom stereocenters. The van der Waals surface area contributed by atoms with E-state index in [1.807, 2.05) is 13.0 Å². The van der Waals surface area contributed by atoms with E-state index in [1.165, 1.54) is 0 Å². The molecule has 2 aliphatic carbocycles. The van der Waals surface area contributed by atoms with Crippen molar-refractivity contribution in [3.8, 4) is 0 Å². The van der Waals surface area contributed by atoms with Gasteiger partial charge in [-0.3, -0.25) is 9.59 Å². The van der Waals surface area contributed by atoms with Gasteiger partial charge in [0.2, 0.25) is 0 Å². The molecule has 27 heavy (non-hydrogen) atoms. The molecule has 1 aromatic carbocycles. The van der Waals surface area contributed by atoms with Crippen LogP contribution in [-0.2, 0) is 6.42 Å². The third-order valence-electron chi connectivity index (χ3n) is 6.72. The topological polar surface area (TPSA) is 66.4 Å². The maximum Gasteiger partial charge on any atom is 0.251 e. The Morgan fingerprint density at radius 3 is 2.59 bits per heavy atom. The SMILES string of the molecule is CC(C)C1CCC(C(C)(O)CNC(=O)c2ccc3c(c2)CCCC3=O)CC1. The lowest BCUT2D eigenvalue weighted by Crippen LogP contribution is -2.47. The molecule has 148 valence electrons. The molecule has 1 aromatic rings. The van der Waals surface area contributed by atoms with E-state index in [2.05, 4.69) is 19.2 Å². The van der Waals surface area contributed by atoms with Crippen molar-refractivity contribution >= 4 is 11.7 Å². The summed E-state index contributed by atoms with van der Waals surface area (Å²) in [6.07, 6.45) is 6.65. The summed E-state index contributed by atoms with van der Waals surface area (Å²) in [5.74, 6) is 1.68. The second-order valence-corrected chi connectivity index (χ2v) is 9.04. The van der Waals surface area contributed by atoms with Gasteiger partial charge in [-0.1, -0.05) is 19.9 Å². The summed E-state index contributed by atoms with van der Waals surface area (Å²) in [4.78, 5) is 24.5. The monoisotopic (exact) mass is 371 g/mol. The van der Waals surface area contributed by atoms with E-state index in [0.29, 0.717) is 17.9 Å². The smallest absolute Gasteiger partial charge is 0.251 e. The molecule has 0 spiro atoms. The second kappa shape index (κ2) is 8.14. The van der Waals surface area contributed by atoms with Crippen LogP contribution in [0.1, 0.15) is 85.6 Å². The molecule has 2 N–H and O–H groups in total. The third kappa shape index (κ3) is 4.60. The second-order valence-electron chi connectivity index (χ2n) is 9.04. The van der Waals surface area contributed by atoms with Crippen LogP contribution in [0.4, 0.5) is 0 Å². The van der Waals surface area contributed by atoms with Crippen LogP contribution < -0.4 is 5.32 Å². The number of benzene rings is 1. The summed E-state index contributed by atoms with van der Waals surface area (Å²) >= 11 is 0. The van der Waals surface area contributed by atoms with Crippen molar-refractivity contribution in [3.05, 3.63) is 34.9 Å². The van der Waals surface area contributed by atoms with Crippen LogP contribution in [0.15, 0.2) is 18.2 Å². The fourth-order valence-corrected chi connectivity index (χ4v) is 4.70. The molecule has 0 aromatic heterocycles. The standard InChI is InChI=1S/C23H33NO3/c1-15(2)16-7-10-19(11-8-16)23(3,27)14-24-22(26)18-9-12-20-17(13-18)5-4-6-21(20)25/h9,12-13,15-16,19,27H,4-8,10-11,14H2,1-3H3,(H,24,26). The van der Waals surface area contributed by atoms with Gasteiger partial charge < -0.3 is 10.4 Å². The van der Waals surface area contributed by atoms with Crippen molar-refractivity contribution in [2.24, 2.45) is 17.8 Å². The Kier molecular flexibility index (Phi) is 6.05. The van der Waals surface area contributed by atoms with E-state index in [9.17, 15) is 14.7 Å². The van der Waals surface area contributed by atoms with Gasteiger partial charge in [0.05, 0.1) is 5.60 Å². The van der Waals surface area contributed by atoms with Crippen molar-refractivity contribution < 1.29 is 14.7 Å². The number of hydrogen-bond donors (Lipinski definition) is 2. The molecule has 3 rings (SSSR count). The first-order chi connectivity index (χ1) is 12.8. The molecule has 0 radical (unpaired) electrons.